The van der Waals surface area contributed by atoms with Crippen LogP contribution in [0.3, 0.4) is 0 Å². The van der Waals surface area contributed by atoms with Crippen molar-refractivity contribution < 1.29 is 14.0 Å². The van der Waals surface area contributed by atoms with Crippen LogP contribution in [0.4, 0.5) is 15.8 Å². The molecule has 0 bridgehead atoms. The number of anilines is 2. The lowest BCUT2D eigenvalue weighted by molar-refractivity contribution is -0.114. The van der Waals surface area contributed by atoms with Gasteiger partial charge in [-0.1, -0.05) is 30.0 Å². The Hall–Kier alpha value is -4.72. The molecule has 0 aliphatic heterocycles. The van der Waals surface area contributed by atoms with Crippen molar-refractivity contribution in [1.29, 1.82) is 0 Å². The molecule has 0 saturated carbocycles. The van der Waals surface area contributed by atoms with Gasteiger partial charge in [0.1, 0.15) is 5.82 Å². The van der Waals surface area contributed by atoms with Crippen LogP contribution in [-0.4, -0.2) is 45.9 Å². The Morgan fingerprint density at radius 2 is 1.67 bits per heavy atom. The molecule has 0 spiro atoms. The number of imidazole rings is 1. The minimum atomic E-state index is -0.533. The van der Waals surface area contributed by atoms with E-state index in [2.05, 4.69) is 20.8 Å². The SMILES string of the molecule is CC(=O)Nc1cccc(NC(=O)CSc2nnc3n(Cc4ccc(F)cc4)c4c(=O)n(C)c(=O)n(C)c4n23)c1. The van der Waals surface area contributed by atoms with Gasteiger partial charge < -0.3 is 10.6 Å². The third kappa shape index (κ3) is 4.93. The van der Waals surface area contributed by atoms with Crippen molar-refractivity contribution in [3.8, 4) is 0 Å². The summed E-state index contributed by atoms with van der Waals surface area (Å²) in [6.45, 7) is 1.57. The van der Waals surface area contributed by atoms with Crippen molar-refractivity contribution in [2.24, 2.45) is 14.1 Å². The van der Waals surface area contributed by atoms with Crippen LogP contribution in [0.5, 0.6) is 0 Å². The number of fused-ring (bicyclic) bond motifs is 3. The Morgan fingerprint density at radius 3 is 2.36 bits per heavy atom. The summed E-state index contributed by atoms with van der Waals surface area (Å²) in [7, 11) is 2.93. The Kier molecular flexibility index (Phi) is 6.78. The van der Waals surface area contributed by atoms with E-state index in [4.69, 9.17) is 0 Å². The van der Waals surface area contributed by atoms with Gasteiger partial charge in [0, 0.05) is 32.4 Å². The number of hydrogen-bond acceptors (Lipinski definition) is 7. The van der Waals surface area contributed by atoms with Crippen LogP contribution in [0.1, 0.15) is 12.5 Å². The summed E-state index contributed by atoms with van der Waals surface area (Å²) in [5, 5.41) is 14.2. The maximum atomic E-state index is 13.5. The number of halogens is 1. The van der Waals surface area contributed by atoms with E-state index in [9.17, 15) is 23.6 Å². The van der Waals surface area contributed by atoms with Gasteiger partial charge in [0.15, 0.2) is 16.3 Å². The van der Waals surface area contributed by atoms with Gasteiger partial charge in [-0.15, -0.1) is 10.2 Å². The van der Waals surface area contributed by atoms with Crippen molar-refractivity contribution in [1.82, 2.24) is 28.3 Å². The molecule has 0 radical (unpaired) electrons. The Morgan fingerprint density at radius 1 is 0.974 bits per heavy atom. The third-order valence-electron chi connectivity index (χ3n) is 6.00. The first kappa shape index (κ1) is 25.9. The van der Waals surface area contributed by atoms with E-state index in [1.54, 1.807) is 45.4 Å². The summed E-state index contributed by atoms with van der Waals surface area (Å²) in [4.78, 5) is 50.0. The summed E-state index contributed by atoms with van der Waals surface area (Å²) in [5.74, 6) is -0.710. The molecule has 0 aliphatic rings. The Balaban J connectivity index is 1.50. The number of thioether (sulfide) groups is 1. The predicted molar refractivity (Wildman–Crippen MR) is 145 cm³/mol. The molecule has 12 nitrogen and oxygen atoms in total. The molecule has 0 unspecified atom stereocenters. The maximum Gasteiger partial charge on any atom is 0.332 e. The molecule has 5 aromatic rings. The van der Waals surface area contributed by atoms with Crippen LogP contribution in [0.25, 0.3) is 16.9 Å². The molecule has 0 saturated heterocycles. The van der Waals surface area contributed by atoms with Gasteiger partial charge in [0.05, 0.1) is 12.3 Å². The zero-order valence-electron chi connectivity index (χ0n) is 21.1. The van der Waals surface area contributed by atoms with Crippen LogP contribution in [0, 0.1) is 5.82 Å². The highest BCUT2D eigenvalue weighted by Gasteiger charge is 2.24. The maximum absolute atomic E-state index is 13.5. The topological polar surface area (TPSA) is 137 Å². The number of benzene rings is 2. The first-order valence-corrected chi connectivity index (χ1v) is 12.7. The molecule has 5 rings (SSSR count). The summed E-state index contributed by atoms with van der Waals surface area (Å²) in [6.07, 6.45) is 0. The average molecular weight is 551 g/mol. The number of carbonyl (C=O) groups is 2. The minimum Gasteiger partial charge on any atom is -0.326 e. The van der Waals surface area contributed by atoms with E-state index < -0.39 is 11.2 Å². The fourth-order valence-corrected chi connectivity index (χ4v) is 4.98. The number of hydrogen-bond donors (Lipinski definition) is 2. The van der Waals surface area contributed by atoms with E-state index in [0.29, 0.717) is 27.9 Å². The van der Waals surface area contributed by atoms with E-state index in [0.717, 1.165) is 16.3 Å². The number of carbonyl (C=O) groups excluding carboxylic acids is 2. The molecule has 2 amide bonds. The molecular weight excluding hydrogens is 527 g/mol. The number of aryl methyl sites for hydroxylation is 1. The number of amides is 2. The first-order chi connectivity index (χ1) is 18.6. The number of nitrogens with zero attached hydrogens (tertiary/aromatic N) is 6. The summed E-state index contributed by atoms with van der Waals surface area (Å²) in [6, 6.07) is 12.6. The van der Waals surface area contributed by atoms with Crippen LogP contribution in [0.15, 0.2) is 63.3 Å². The zero-order chi connectivity index (χ0) is 27.8. The van der Waals surface area contributed by atoms with Gasteiger partial charge in [-0.25, -0.2) is 13.6 Å². The highest BCUT2D eigenvalue weighted by molar-refractivity contribution is 7.99. The molecule has 3 aromatic heterocycles. The van der Waals surface area contributed by atoms with Gasteiger partial charge >= 0.3 is 5.69 Å². The highest BCUT2D eigenvalue weighted by Crippen LogP contribution is 2.25. The summed E-state index contributed by atoms with van der Waals surface area (Å²) >= 11 is 1.08. The number of aromatic nitrogens is 6. The standard InChI is InChI=1S/C25H23FN8O4S/c1-14(35)27-17-5-4-6-18(11-17)28-19(36)13-39-24-30-29-23-33(12-15-7-9-16(26)10-8-15)20-21(34(23)24)31(2)25(38)32(3)22(20)37/h4-11H,12-13H2,1-3H3,(H,27,35)(H,28,36). The smallest absolute Gasteiger partial charge is 0.326 e. The molecular formula is C25H23FN8O4S. The summed E-state index contributed by atoms with van der Waals surface area (Å²) in [5.41, 5.74) is 1.20. The van der Waals surface area contributed by atoms with E-state index in [1.165, 1.54) is 37.7 Å². The van der Waals surface area contributed by atoms with Crippen LogP contribution < -0.4 is 21.9 Å². The Labute approximate surface area is 224 Å². The largest absolute Gasteiger partial charge is 0.332 e. The van der Waals surface area contributed by atoms with Crippen molar-refractivity contribution >= 4 is 51.9 Å². The molecule has 0 atom stereocenters. The molecule has 0 aliphatic carbocycles. The van der Waals surface area contributed by atoms with Crippen molar-refractivity contribution in [3.05, 3.63) is 80.7 Å². The molecule has 2 N–H and O–H groups in total. The predicted octanol–water partition coefficient (Wildman–Crippen LogP) is 1.96. The van der Waals surface area contributed by atoms with Crippen molar-refractivity contribution in [2.75, 3.05) is 16.4 Å². The lowest BCUT2D eigenvalue weighted by atomic mass is 10.2. The lowest BCUT2D eigenvalue weighted by Crippen LogP contribution is -2.37. The molecule has 39 heavy (non-hydrogen) atoms. The van der Waals surface area contributed by atoms with Crippen LogP contribution >= 0.6 is 11.8 Å². The fraction of sp³-hybridized carbons (Fsp3) is 0.200. The van der Waals surface area contributed by atoms with Crippen LogP contribution in [-0.2, 0) is 30.2 Å². The molecule has 2 aromatic carbocycles. The fourth-order valence-electron chi connectivity index (χ4n) is 4.25. The lowest BCUT2D eigenvalue weighted by Gasteiger charge is -2.08. The second-order valence-electron chi connectivity index (χ2n) is 8.81. The molecule has 0 fully saturated rings. The van der Waals surface area contributed by atoms with E-state index >= 15 is 0 Å². The van der Waals surface area contributed by atoms with Gasteiger partial charge in [0.2, 0.25) is 17.6 Å². The number of rotatable bonds is 7. The van der Waals surface area contributed by atoms with Gasteiger partial charge in [-0.05, 0) is 35.9 Å². The average Bonchev–Trinajstić information content (AvgIpc) is 3.44. The van der Waals surface area contributed by atoms with E-state index in [1.807, 2.05) is 0 Å². The third-order valence-corrected chi connectivity index (χ3v) is 6.93. The highest BCUT2D eigenvalue weighted by atomic mass is 32.2. The Bertz CT molecular complexity index is 1870. The van der Waals surface area contributed by atoms with Crippen LogP contribution in [0.2, 0.25) is 0 Å². The van der Waals surface area contributed by atoms with Gasteiger partial charge in [-0.3, -0.25) is 28.1 Å². The zero-order valence-corrected chi connectivity index (χ0v) is 22.0. The molecule has 14 heteroatoms. The van der Waals surface area contributed by atoms with Crippen molar-refractivity contribution in [3.63, 3.8) is 0 Å². The summed E-state index contributed by atoms with van der Waals surface area (Å²) < 4.78 is 19.0. The van der Waals surface area contributed by atoms with Gasteiger partial charge in [-0.2, -0.15) is 0 Å². The molecule has 200 valence electrons. The first-order valence-electron chi connectivity index (χ1n) is 11.7. The second kappa shape index (κ2) is 10.2. The van der Waals surface area contributed by atoms with Gasteiger partial charge in [0.25, 0.3) is 5.56 Å². The minimum absolute atomic E-state index is 0.0470. The monoisotopic (exact) mass is 550 g/mol. The molecule has 3 heterocycles. The number of nitrogens with one attached hydrogen (secondary N) is 2. The second-order valence-corrected chi connectivity index (χ2v) is 9.75. The quantitative estimate of drug-likeness (QED) is 0.296. The van der Waals surface area contributed by atoms with Crippen molar-refractivity contribution in [2.45, 2.75) is 18.6 Å². The van der Waals surface area contributed by atoms with E-state index in [-0.39, 0.29) is 41.1 Å². The normalized spacial score (nSPS) is 11.3.